The van der Waals surface area contributed by atoms with Crippen molar-refractivity contribution in [3.05, 3.63) is 64.3 Å². The first-order valence-corrected chi connectivity index (χ1v) is 11.0. The van der Waals surface area contributed by atoms with Crippen molar-refractivity contribution in [3.63, 3.8) is 0 Å². The zero-order chi connectivity index (χ0) is 20.8. The van der Waals surface area contributed by atoms with Crippen LogP contribution in [-0.2, 0) is 23.1 Å². The minimum Gasteiger partial charge on any atom is -0.505 e. The fourth-order valence-electron chi connectivity index (χ4n) is 3.44. The highest BCUT2D eigenvalue weighted by Crippen LogP contribution is 2.43. The molecular weight excluding hydrogens is 414 g/mol. The number of halogens is 1. The van der Waals surface area contributed by atoms with Crippen LogP contribution in [0.3, 0.4) is 0 Å². The van der Waals surface area contributed by atoms with Gasteiger partial charge in [-0.2, -0.15) is 0 Å². The lowest BCUT2D eigenvalue weighted by molar-refractivity contribution is 0.0765. The maximum absolute atomic E-state index is 13.1. The average Bonchev–Trinajstić information content (AvgIpc) is 3.03. The van der Waals surface area contributed by atoms with Gasteiger partial charge in [0.05, 0.1) is 17.0 Å². The summed E-state index contributed by atoms with van der Waals surface area (Å²) in [4.78, 5) is 18.8. The Morgan fingerprint density at radius 2 is 1.97 bits per heavy atom. The Hall–Kier alpha value is -2.84. The van der Waals surface area contributed by atoms with Gasteiger partial charge < -0.3 is 10.0 Å². The quantitative estimate of drug-likeness (QED) is 0.602. The van der Waals surface area contributed by atoms with E-state index in [1.807, 2.05) is 12.1 Å². The molecule has 0 atom stereocenters. The number of nitrogens with one attached hydrogen (secondary N) is 1. The fraction of sp³-hybridized carbons (Fsp3) is 0.200. The summed E-state index contributed by atoms with van der Waals surface area (Å²) in [6.45, 7) is 1.99. The van der Waals surface area contributed by atoms with Crippen LogP contribution in [0.5, 0.6) is 5.75 Å². The normalized spacial score (nSPS) is 13.7. The molecule has 0 saturated carbocycles. The number of fused-ring (bicyclic) bond motifs is 2. The Morgan fingerprint density at radius 1 is 1.24 bits per heavy atom. The van der Waals surface area contributed by atoms with Crippen LogP contribution in [0.2, 0.25) is 5.02 Å². The van der Waals surface area contributed by atoms with Crippen LogP contribution < -0.4 is 4.72 Å². The SMILES string of the molecule is CCS(=O)(=O)Nc1c2c(c(O)c3ncccc13)C(=O)N(Cc1ccc(Cl)cc1)C2. The number of phenolic OH excluding ortho intramolecular Hbond substituents is 1. The van der Waals surface area contributed by atoms with Gasteiger partial charge in [0.1, 0.15) is 5.52 Å². The van der Waals surface area contributed by atoms with Crippen molar-refractivity contribution in [1.82, 2.24) is 9.88 Å². The standard InChI is InChI=1S/C20H18ClN3O4S/c1-2-29(27,28)23-17-14-4-3-9-22-18(14)19(25)16-15(17)11-24(20(16)26)10-12-5-7-13(21)8-6-12/h3-9,23,25H,2,10-11H2,1H3. The zero-order valence-corrected chi connectivity index (χ0v) is 17.1. The first kappa shape index (κ1) is 19.5. The van der Waals surface area contributed by atoms with E-state index in [-0.39, 0.29) is 40.7 Å². The van der Waals surface area contributed by atoms with Crippen LogP contribution in [-0.4, -0.2) is 35.1 Å². The van der Waals surface area contributed by atoms with E-state index >= 15 is 0 Å². The highest BCUT2D eigenvalue weighted by atomic mass is 35.5. The molecule has 0 fully saturated rings. The summed E-state index contributed by atoms with van der Waals surface area (Å²) in [6, 6.07) is 10.4. The van der Waals surface area contributed by atoms with Gasteiger partial charge in [0.2, 0.25) is 10.0 Å². The van der Waals surface area contributed by atoms with Crippen molar-refractivity contribution >= 4 is 44.1 Å². The highest BCUT2D eigenvalue weighted by molar-refractivity contribution is 7.92. The number of phenols is 1. The minimum atomic E-state index is -3.60. The van der Waals surface area contributed by atoms with Gasteiger partial charge >= 0.3 is 0 Å². The summed E-state index contributed by atoms with van der Waals surface area (Å²) in [5.41, 5.74) is 1.86. The van der Waals surface area contributed by atoms with Crippen LogP contribution in [0.15, 0.2) is 42.6 Å². The number of pyridine rings is 1. The Morgan fingerprint density at radius 3 is 2.66 bits per heavy atom. The van der Waals surface area contributed by atoms with E-state index in [0.29, 0.717) is 22.5 Å². The van der Waals surface area contributed by atoms with E-state index in [0.717, 1.165) is 5.56 Å². The number of benzene rings is 2. The van der Waals surface area contributed by atoms with Crippen molar-refractivity contribution in [2.45, 2.75) is 20.0 Å². The second kappa shape index (κ2) is 7.20. The number of anilines is 1. The topological polar surface area (TPSA) is 99.6 Å². The molecule has 1 aliphatic heterocycles. The summed E-state index contributed by atoms with van der Waals surface area (Å²) in [6.07, 6.45) is 1.48. The summed E-state index contributed by atoms with van der Waals surface area (Å²) in [5, 5.41) is 11.8. The molecule has 7 nitrogen and oxygen atoms in total. The van der Waals surface area contributed by atoms with E-state index in [2.05, 4.69) is 9.71 Å². The minimum absolute atomic E-state index is 0.0824. The maximum atomic E-state index is 13.1. The number of hydrogen-bond donors (Lipinski definition) is 2. The van der Waals surface area contributed by atoms with E-state index < -0.39 is 10.0 Å². The number of nitrogens with zero attached hydrogens (tertiary/aromatic N) is 2. The van der Waals surface area contributed by atoms with Gasteiger partial charge in [-0.05, 0) is 36.8 Å². The molecule has 2 N–H and O–H groups in total. The molecule has 0 aliphatic carbocycles. The molecule has 3 aromatic rings. The van der Waals surface area contributed by atoms with Crippen LogP contribution in [0, 0.1) is 0 Å². The molecule has 0 unspecified atom stereocenters. The number of hydrogen-bond acceptors (Lipinski definition) is 5. The van der Waals surface area contributed by atoms with Crippen molar-refractivity contribution in [1.29, 1.82) is 0 Å². The smallest absolute Gasteiger partial charge is 0.258 e. The van der Waals surface area contributed by atoms with E-state index in [1.54, 1.807) is 29.2 Å². The number of rotatable bonds is 5. The third-order valence-electron chi connectivity index (χ3n) is 4.92. The van der Waals surface area contributed by atoms with Gasteiger partial charge in [0.25, 0.3) is 5.91 Å². The third kappa shape index (κ3) is 3.49. The van der Waals surface area contributed by atoms with Crippen LogP contribution >= 0.6 is 11.6 Å². The summed E-state index contributed by atoms with van der Waals surface area (Å²) in [5.74, 6) is -0.733. The van der Waals surface area contributed by atoms with Gasteiger partial charge in [-0.15, -0.1) is 0 Å². The van der Waals surface area contributed by atoms with Crippen molar-refractivity contribution in [2.24, 2.45) is 0 Å². The van der Waals surface area contributed by atoms with Crippen LogP contribution in [0.1, 0.15) is 28.4 Å². The zero-order valence-electron chi connectivity index (χ0n) is 15.5. The van der Waals surface area contributed by atoms with Gasteiger partial charge in [-0.25, -0.2) is 8.42 Å². The van der Waals surface area contributed by atoms with E-state index in [1.165, 1.54) is 13.1 Å². The van der Waals surface area contributed by atoms with Crippen molar-refractivity contribution < 1.29 is 18.3 Å². The lowest BCUT2D eigenvalue weighted by Gasteiger charge is -2.16. The number of carbonyl (C=O) groups excluding carboxylic acids is 1. The van der Waals surface area contributed by atoms with Gasteiger partial charge in [0, 0.05) is 35.3 Å². The highest BCUT2D eigenvalue weighted by Gasteiger charge is 2.35. The third-order valence-corrected chi connectivity index (χ3v) is 6.44. The molecule has 0 bridgehead atoms. The van der Waals surface area contributed by atoms with Crippen LogP contribution in [0.4, 0.5) is 5.69 Å². The largest absolute Gasteiger partial charge is 0.505 e. The van der Waals surface area contributed by atoms with Gasteiger partial charge in [-0.1, -0.05) is 23.7 Å². The monoisotopic (exact) mass is 431 g/mol. The van der Waals surface area contributed by atoms with Gasteiger partial charge in [0.15, 0.2) is 5.75 Å². The molecule has 150 valence electrons. The first-order chi connectivity index (χ1) is 13.8. The molecule has 1 aliphatic rings. The Balaban J connectivity index is 1.83. The van der Waals surface area contributed by atoms with Crippen LogP contribution in [0.25, 0.3) is 10.9 Å². The molecular formula is C20H18ClN3O4S. The summed E-state index contributed by atoms with van der Waals surface area (Å²) >= 11 is 5.92. The lowest BCUT2D eigenvalue weighted by Crippen LogP contribution is -2.23. The molecule has 0 spiro atoms. The Labute approximate surface area is 173 Å². The molecule has 29 heavy (non-hydrogen) atoms. The number of aromatic nitrogens is 1. The lowest BCUT2D eigenvalue weighted by atomic mass is 10.0. The molecule has 2 heterocycles. The molecule has 2 aromatic carbocycles. The predicted molar refractivity (Wildman–Crippen MR) is 112 cm³/mol. The first-order valence-electron chi connectivity index (χ1n) is 8.97. The summed E-state index contributed by atoms with van der Waals surface area (Å²) in [7, 11) is -3.60. The van der Waals surface area contributed by atoms with Gasteiger partial charge in [-0.3, -0.25) is 14.5 Å². The predicted octanol–water partition coefficient (Wildman–Crippen LogP) is 3.51. The van der Waals surface area contributed by atoms with E-state index in [9.17, 15) is 18.3 Å². The molecule has 1 aromatic heterocycles. The second-order valence-electron chi connectivity index (χ2n) is 6.77. The van der Waals surface area contributed by atoms with Crippen molar-refractivity contribution in [2.75, 3.05) is 10.5 Å². The second-order valence-corrected chi connectivity index (χ2v) is 9.22. The summed E-state index contributed by atoms with van der Waals surface area (Å²) < 4.78 is 27.1. The fourth-order valence-corrected chi connectivity index (χ4v) is 4.25. The molecule has 0 radical (unpaired) electrons. The molecule has 0 saturated heterocycles. The molecule has 9 heteroatoms. The average molecular weight is 432 g/mol. The number of aromatic hydroxyl groups is 1. The number of amides is 1. The maximum Gasteiger partial charge on any atom is 0.258 e. The Kier molecular flexibility index (Phi) is 4.84. The number of carbonyl (C=O) groups is 1. The Bertz CT molecular complexity index is 1230. The molecule has 1 amide bonds. The van der Waals surface area contributed by atoms with E-state index in [4.69, 9.17) is 11.6 Å². The molecule has 4 rings (SSSR count). The van der Waals surface area contributed by atoms with Crippen molar-refractivity contribution in [3.8, 4) is 5.75 Å². The number of sulfonamides is 1.